The molecule has 83 heavy (non-hydrogen) atoms. The van der Waals surface area contributed by atoms with Gasteiger partial charge in [-0.15, -0.1) is 6.58 Å². The fourth-order valence-corrected chi connectivity index (χ4v) is 12.4. The molecule has 3 N–H and O–H groups in total. The Hall–Kier alpha value is -5.88. The lowest BCUT2D eigenvalue weighted by atomic mass is 9.93. The number of amides is 4. The highest BCUT2D eigenvalue weighted by molar-refractivity contribution is 6.41. The number of para-hydroxylation sites is 2. The maximum atomic E-state index is 13.4. The van der Waals surface area contributed by atoms with E-state index in [9.17, 15) is 19.2 Å². The van der Waals surface area contributed by atoms with Crippen molar-refractivity contribution < 1.29 is 28.7 Å². The molecule has 2 unspecified atom stereocenters. The number of rotatable bonds is 12. The number of urea groups is 2. The monoisotopic (exact) mass is 1240 g/mol. The fraction of sp³-hybridized carbons (Fsp3) is 0.333. The Morgan fingerprint density at radius 1 is 0.566 bits per heavy atom. The van der Waals surface area contributed by atoms with Gasteiger partial charge in [-0.05, 0) is 124 Å². The van der Waals surface area contributed by atoms with Gasteiger partial charge in [0.2, 0.25) is 0 Å². The average molecular weight is 1240 g/mol. The van der Waals surface area contributed by atoms with Crippen LogP contribution in [0.3, 0.4) is 0 Å². The van der Waals surface area contributed by atoms with E-state index in [2.05, 4.69) is 49.4 Å². The number of ether oxygens (including phenoxy) is 2. The number of piperazine rings is 2. The third kappa shape index (κ3) is 14.4. The largest absolute Gasteiger partial charge is 0.459 e. The zero-order valence-corrected chi connectivity index (χ0v) is 51.6. The summed E-state index contributed by atoms with van der Waals surface area (Å²) in [6.07, 6.45) is 1.81. The smallest absolute Gasteiger partial charge is 0.326 e. The summed E-state index contributed by atoms with van der Waals surface area (Å²) in [4.78, 5) is 62.4. The van der Waals surface area contributed by atoms with Crippen LogP contribution < -0.4 is 25.8 Å². The third-order valence-electron chi connectivity index (χ3n) is 14.3. The lowest BCUT2D eigenvalue weighted by molar-refractivity contribution is -0.164. The summed E-state index contributed by atoms with van der Waals surface area (Å²) in [6, 6.07) is 32.3. The van der Waals surface area contributed by atoms with Crippen LogP contribution in [0.1, 0.15) is 63.8 Å². The summed E-state index contributed by atoms with van der Waals surface area (Å²) in [7, 11) is 0. The highest BCUT2D eigenvalue weighted by Gasteiger charge is 2.38. The summed E-state index contributed by atoms with van der Waals surface area (Å²) < 4.78 is 11.4. The molecule has 4 aliphatic heterocycles. The topological polar surface area (TPSA) is 139 Å². The van der Waals surface area contributed by atoms with Gasteiger partial charge < -0.3 is 25.4 Å². The first kappa shape index (κ1) is 61.7. The summed E-state index contributed by atoms with van der Waals surface area (Å²) >= 11 is 39.8. The van der Waals surface area contributed by atoms with E-state index >= 15 is 0 Å². The van der Waals surface area contributed by atoms with Gasteiger partial charge in [-0.3, -0.25) is 34.1 Å². The van der Waals surface area contributed by atoms with Gasteiger partial charge in [0.15, 0.2) is 0 Å². The van der Waals surface area contributed by atoms with E-state index in [4.69, 9.17) is 79.1 Å². The van der Waals surface area contributed by atoms with E-state index in [-0.39, 0.29) is 24.0 Å². The highest BCUT2D eigenvalue weighted by atomic mass is 35.5. The van der Waals surface area contributed by atoms with Crippen LogP contribution in [0.4, 0.5) is 32.3 Å². The molecule has 2 saturated heterocycles. The van der Waals surface area contributed by atoms with Crippen molar-refractivity contribution >= 4 is 116 Å². The zero-order chi connectivity index (χ0) is 59.5. The van der Waals surface area contributed by atoms with E-state index in [0.717, 1.165) is 57.6 Å². The minimum Gasteiger partial charge on any atom is -0.459 e. The molecule has 0 aromatic heterocycles. The van der Waals surface area contributed by atoms with Crippen molar-refractivity contribution in [3.8, 4) is 22.3 Å². The quantitative estimate of drug-likeness (QED) is 0.0802. The number of carbonyl (C=O) groups excluding carboxylic acids is 4. The normalized spacial score (nSPS) is 17.8. The molecule has 4 heterocycles. The zero-order valence-electron chi connectivity index (χ0n) is 47.1. The number of hydrogen-bond acceptors (Lipinski definition) is 10. The Bertz CT molecular complexity index is 3420. The fourth-order valence-electron chi connectivity index (χ4n) is 10.8. The SMILES string of the molecule is C=CCN1CCN(Cc2cc(-c3ccccc3Cl)c3c(c2)N(c2c(Cl)cccc2Cl)C(=O)NC3)CC1C(=O)OC(C)(C)C.CC(C)(C)OC(=O)C1CN(Cc2cc(-c3ccccc3Cl)c3c(c2)N(c2c(Cl)cccc2Cl)C(=O)NC3)CCN1. The maximum Gasteiger partial charge on any atom is 0.326 e. The molecule has 2 atom stereocenters. The van der Waals surface area contributed by atoms with Gasteiger partial charge in [0, 0.05) is 104 Å². The molecule has 0 saturated carbocycles. The molecule has 14 nitrogen and oxygen atoms in total. The predicted octanol–water partition coefficient (Wildman–Crippen LogP) is 14.5. The number of carbonyl (C=O) groups is 4. The molecule has 436 valence electrons. The van der Waals surface area contributed by atoms with Gasteiger partial charge in [-0.1, -0.05) is 124 Å². The molecule has 0 aliphatic carbocycles. The van der Waals surface area contributed by atoms with Crippen LogP contribution in [0.25, 0.3) is 22.3 Å². The first-order valence-corrected chi connectivity index (χ1v) is 29.6. The summed E-state index contributed by atoms with van der Waals surface area (Å²) in [5.41, 5.74) is 8.27. The number of esters is 2. The summed E-state index contributed by atoms with van der Waals surface area (Å²) in [5.74, 6) is -0.520. The Balaban J connectivity index is 0.000000200. The minimum atomic E-state index is -0.592. The van der Waals surface area contributed by atoms with Crippen molar-refractivity contribution in [2.24, 2.45) is 0 Å². The number of benzene rings is 6. The second-order valence-corrected chi connectivity index (χ2v) is 25.2. The van der Waals surface area contributed by atoms with E-state index in [0.29, 0.717) is 112 Å². The van der Waals surface area contributed by atoms with Crippen LogP contribution in [0, 0.1) is 0 Å². The van der Waals surface area contributed by atoms with E-state index in [1.807, 2.05) is 108 Å². The van der Waals surface area contributed by atoms with Crippen LogP contribution >= 0.6 is 69.6 Å². The molecular formula is C63H66Cl6N8O6. The molecule has 6 aromatic rings. The van der Waals surface area contributed by atoms with E-state index in [1.54, 1.807) is 41.3 Å². The molecule has 4 amide bonds. The van der Waals surface area contributed by atoms with Gasteiger partial charge in [0.1, 0.15) is 23.3 Å². The van der Waals surface area contributed by atoms with Gasteiger partial charge >= 0.3 is 24.0 Å². The molecule has 2 fully saturated rings. The van der Waals surface area contributed by atoms with Gasteiger partial charge in [0.05, 0.1) is 42.8 Å². The van der Waals surface area contributed by atoms with Gasteiger partial charge in [0.25, 0.3) is 0 Å². The van der Waals surface area contributed by atoms with Crippen LogP contribution in [0.2, 0.25) is 30.1 Å². The van der Waals surface area contributed by atoms with E-state index < -0.39 is 23.3 Å². The van der Waals surface area contributed by atoms with Crippen molar-refractivity contribution in [3.05, 3.63) is 174 Å². The molecule has 10 rings (SSSR count). The first-order chi connectivity index (χ1) is 39.5. The number of halogens is 6. The van der Waals surface area contributed by atoms with Crippen LogP contribution in [-0.4, -0.2) is 108 Å². The van der Waals surface area contributed by atoms with Crippen LogP contribution in [-0.2, 0) is 45.2 Å². The van der Waals surface area contributed by atoms with Crippen LogP contribution in [0.15, 0.2) is 122 Å². The number of nitrogens with one attached hydrogen (secondary N) is 3. The molecule has 6 aromatic carbocycles. The lowest BCUT2D eigenvalue weighted by Gasteiger charge is -2.40. The molecule has 0 bridgehead atoms. The van der Waals surface area contributed by atoms with Crippen molar-refractivity contribution in [1.82, 2.24) is 30.7 Å². The number of nitrogens with zero attached hydrogens (tertiary/aromatic N) is 5. The lowest BCUT2D eigenvalue weighted by Crippen LogP contribution is -2.57. The Morgan fingerprint density at radius 3 is 1.45 bits per heavy atom. The Morgan fingerprint density at radius 2 is 1.00 bits per heavy atom. The Labute approximate surface area is 515 Å². The van der Waals surface area contributed by atoms with E-state index in [1.165, 1.54) is 4.90 Å². The Kier molecular flexibility index (Phi) is 19.4. The second-order valence-electron chi connectivity index (χ2n) is 22.7. The first-order valence-electron chi connectivity index (χ1n) is 27.3. The summed E-state index contributed by atoms with van der Waals surface area (Å²) in [5, 5.41) is 11.9. The third-order valence-corrected chi connectivity index (χ3v) is 16.2. The van der Waals surface area contributed by atoms with Crippen molar-refractivity contribution in [2.45, 2.75) is 91.0 Å². The number of fused-ring (bicyclic) bond motifs is 2. The standard InChI is InChI=1S/C33H35Cl3N4O3.C30H31Cl3N4O3/c1-5-13-39-15-14-38(20-29(39)31(41)43-33(2,3)4)19-21-16-23(22-9-6-7-10-25(22)34)24-18-37-32(42)40(28(24)17-21)30-26(35)11-8-12-27(30)36;1-30(2,3)40-28(38)25-17-36(12-11-34-25)16-18-13-20(19-7-4-5-8-22(19)31)21-15-35-29(39)37(26(21)14-18)27-23(32)9-6-10-24(27)33/h5-12,16-17,29H,1,13-15,18-20H2,2-4H3,(H,37,42);4-10,13-14,25,34H,11-12,15-17H2,1-3H3,(H,35,39). The molecule has 0 spiro atoms. The molecule has 4 aliphatic rings. The van der Waals surface area contributed by atoms with Crippen molar-refractivity contribution in [1.29, 1.82) is 0 Å². The predicted molar refractivity (Wildman–Crippen MR) is 335 cm³/mol. The van der Waals surface area contributed by atoms with Crippen molar-refractivity contribution in [2.75, 3.05) is 55.6 Å². The molecule has 0 radical (unpaired) electrons. The highest BCUT2D eigenvalue weighted by Crippen LogP contribution is 2.47. The van der Waals surface area contributed by atoms with Gasteiger partial charge in [-0.2, -0.15) is 0 Å². The minimum absolute atomic E-state index is 0.252. The average Bonchev–Trinajstić information content (AvgIpc) is 3.50. The summed E-state index contributed by atoms with van der Waals surface area (Å²) in [6.45, 7) is 21.2. The van der Waals surface area contributed by atoms with Crippen LogP contribution in [0.5, 0.6) is 0 Å². The van der Waals surface area contributed by atoms with Crippen molar-refractivity contribution in [3.63, 3.8) is 0 Å². The second kappa shape index (κ2) is 26.2. The molecule has 20 heteroatoms. The van der Waals surface area contributed by atoms with Gasteiger partial charge in [-0.25, -0.2) is 9.59 Å². The molecular weight excluding hydrogens is 1180 g/mol. The number of anilines is 4. The number of hydrogen-bond donors (Lipinski definition) is 3. The maximum absolute atomic E-state index is 13.4.